The average molecular weight is 226 g/mol. The van der Waals surface area contributed by atoms with Crippen LogP contribution in [0.1, 0.15) is 19.8 Å². The summed E-state index contributed by atoms with van der Waals surface area (Å²) in [6.07, 6.45) is 6.89. The van der Waals surface area contributed by atoms with Crippen LogP contribution in [0.3, 0.4) is 0 Å². The van der Waals surface area contributed by atoms with Crippen LogP contribution >= 0.6 is 0 Å². The quantitative estimate of drug-likeness (QED) is 0.812. The lowest BCUT2D eigenvalue weighted by molar-refractivity contribution is 0.704. The van der Waals surface area contributed by atoms with Gasteiger partial charge in [0.25, 0.3) is 0 Å². The molecule has 1 atom stereocenters. The minimum Gasteiger partial charge on any atom is -0.349 e. The molecule has 0 bridgehead atoms. The number of anilines is 1. The Morgan fingerprint density at radius 3 is 2.76 bits per heavy atom. The Kier molecular flexibility index (Phi) is 3.51. The molecule has 0 radical (unpaired) electrons. The van der Waals surface area contributed by atoms with Crippen molar-refractivity contribution in [3.8, 4) is 12.3 Å². The zero-order chi connectivity index (χ0) is 12.1. The first kappa shape index (κ1) is 11.3. The highest BCUT2D eigenvalue weighted by atomic mass is 15.2. The Morgan fingerprint density at radius 2 is 2.06 bits per heavy atom. The van der Waals surface area contributed by atoms with Crippen molar-refractivity contribution >= 4 is 17.0 Å². The number of hydrogen-bond donors (Lipinski definition) is 1. The van der Waals surface area contributed by atoms with Gasteiger partial charge < -0.3 is 5.32 Å². The van der Waals surface area contributed by atoms with Gasteiger partial charge in [-0.2, -0.15) is 0 Å². The molecule has 1 N–H and O–H groups in total. The number of hydrogen-bond acceptors (Lipinski definition) is 4. The molecule has 1 heterocycles. The van der Waals surface area contributed by atoms with Gasteiger partial charge in [0.15, 0.2) is 0 Å². The molecule has 4 nitrogen and oxygen atoms in total. The topological polar surface area (TPSA) is 50.7 Å². The second-order valence-corrected chi connectivity index (χ2v) is 3.78. The van der Waals surface area contributed by atoms with Crippen molar-refractivity contribution in [2.24, 2.45) is 0 Å². The fourth-order valence-corrected chi connectivity index (χ4v) is 1.56. The van der Waals surface area contributed by atoms with E-state index in [-0.39, 0.29) is 6.04 Å². The van der Waals surface area contributed by atoms with Gasteiger partial charge in [-0.3, -0.25) is 0 Å². The number of aromatic nitrogens is 3. The summed E-state index contributed by atoms with van der Waals surface area (Å²) in [7, 11) is 0. The Labute approximate surface area is 100 Å². The monoisotopic (exact) mass is 226 g/mol. The molecule has 0 aliphatic rings. The van der Waals surface area contributed by atoms with Crippen molar-refractivity contribution < 1.29 is 0 Å². The fraction of sp³-hybridized carbons (Fsp3) is 0.308. The van der Waals surface area contributed by atoms with Crippen LogP contribution in [-0.4, -0.2) is 21.2 Å². The van der Waals surface area contributed by atoms with Crippen LogP contribution in [0.4, 0.5) is 5.95 Å². The minimum absolute atomic E-state index is 0.197. The van der Waals surface area contributed by atoms with Crippen molar-refractivity contribution in [3.05, 3.63) is 24.3 Å². The van der Waals surface area contributed by atoms with Crippen LogP contribution in [0, 0.1) is 12.3 Å². The molecular formula is C13H14N4. The molecule has 0 saturated carbocycles. The van der Waals surface area contributed by atoms with Crippen molar-refractivity contribution in [1.82, 2.24) is 15.2 Å². The molecular weight excluding hydrogens is 212 g/mol. The van der Waals surface area contributed by atoms with E-state index in [9.17, 15) is 0 Å². The van der Waals surface area contributed by atoms with Crippen LogP contribution < -0.4 is 5.32 Å². The molecule has 2 rings (SSSR count). The Bertz CT molecular complexity index is 544. The molecule has 0 aliphatic heterocycles. The smallest absolute Gasteiger partial charge is 0.243 e. The van der Waals surface area contributed by atoms with E-state index in [0.29, 0.717) is 12.4 Å². The molecule has 17 heavy (non-hydrogen) atoms. The molecule has 86 valence electrons. The highest BCUT2D eigenvalue weighted by molar-refractivity contribution is 5.74. The van der Waals surface area contributed by atoms with Crippen LogP contribution in [0.25, 0.3) is 11.0 Å². The molecule has 2 aromatic rings. The van der Waals surface area contributed by atoms with Gasteiger partial charge in [0.1, 0.15) is 5.52 Å². The predicted molar refractivity (Wildman–Crippen MR) is 68.5 cm³/mol. The summed E-state index contributed by atoms with van der Waals surface area (Å²) in [5.74, 6) is 3.17. The summed E-state index contributed by atoms with van der Waals surface area (Å²) in [6.45, 7) is 2.07. The van der Waals surface area contributed by atoms with E-state index < -0.39 is 0 Å². The second-order valence-electron chi connectivity index (χ2n) is 3.78. The van der Waals surface area contributed by atoms with Gasteiger partial charge in [0, 0.05) is 12.5 Å². The maximum atomic E-state index is 5.30. The van der Waals surface area contributed by atoms with Crippen molar-refractivity contribution in [2.75, 3.05) is 5.32 Å². The largest absolute Gasteiger partial charge is 0.349 e. The van der Waals surface area contributed by atoms with Crippen molar-refractivity contribution in [1.29, 1.82) is 0 Å². The van der Waals surface area contributed by atoms with Gasteiger partial charge in [-0.25, -0.2) is 4.98 Å². The Morgan fingerprint density at radius 1 is 1.29 bits per heavy atom. The number of nitrogens with one attached hydrogen (secondary N) is 1. The van der Waals surface area contributed by atoms with Gasteiger partial charge in [0.05, 0.1) is 5.52 Å². The molecule has 0 spiro atoms. The first-order valence-electron chi connectivity index (χ1n) is 5.63. The molecule has 0 amide bonds. The van der Waals surface area contributed by atoms with Gasteiger partial charge in [-0.15, -0.1) is 22.5 Å². The highest BCUT2D eigenvalue weighted by Gasteiger charge is 2.07. The van der Waals surface area contributed by atoms with E-state index in [1.165, 1.54) is 0 Å². The third-order valence-corrected chi connectivity index (χ3v) is 2.55. The molecule has 4 heteroatoms. The number of rotatable bonds is 4. The Balaban J connectivity index is 2.22. The van der Waals surface area contributed by atoms with E-state index >= 15 is 0 Å². The van der Waals surface area contributed by atoms with E-state index in [2.05, 4.69) is 33.3 Å². The third-order valence-electron chi connectivity index (χ3n) is 2.55. The zero-order valence-electron chi connectivity index (χ0n) is 9.72. The molecule has 0 aliphatic carbocycles. The average Bonchev–Trinajstić information content (AvgIpc) is 2.38. The zero-order valence-corrected chi connectivity index (χ0v) is 9.72. The SMILES string of the molecule is C#CCC(CC)Nc1nnc2ccccc2n1. The van der Waals surface area contributed by atoms with Crippen LogP contribution in [0.5, 0.6) is 0 Å². The maximum absolute atomic E-state index is 5.30. The van der Waals surface area contributed by atoms with E-state index in [0.717, 1.165) is 17.5 Å². The number of benzene rings is 1. The molecule has 0 fully saturated rings. The summed E-state index contributed by atoms with van der Waals surface area (Å²) < 4.78 is 0. The lowest BCUT2D eigenvalue weighted by Crippen LogP contribution is -2.19. The molecule has 1 aromatic heterocycles. The maximum Gasteiger partial charge on any atom is 0.243 e. The summed E-state index contributed by atoms with van der Waals surface area (Å²) in [5, 5.41) is 11.3. The second kappa shape index (κ2) is 5.26. The van der Waals surface area contributed by atoms with Gasteiger partial charge in [-0.1, -0.05) is 19.1 Å². The van der Waals surface area contributed by atoms with E-state index in [4.69, 9.17) is 6.42 Å². The lowest BCUT2D eigenvalue weighted by atomic mass is 10.2. The molecule has 0 saturated heterocycles. The van der Waals surface area contributed by atoms with Crippen LogP contribution in [0.2, 0.25) is 0 Å². The number of fused-ring (bicyclic) bond motifs is 1. The van der Waals surface area contributed by atoms with E-state index in [1.807, 2.05) is 24.3 Å². The third kappa shape index (κ3) is 2.70. The van der Waals surface area contributed by atoms with Crippen molar-refractivity contribution in [2.45, 2.75) is 25.8 Å². The summed E-state index contributed by atoms with van der Waals surface area (Å²) in [6, 6.07) is 7.84. The van der Waals surface area contributed by atoms with Gasteiger partial charge >= 0.3 is 0 Å². The van der Waals surface area contributed by atoms with Crippen LogP contribution in [0.15, 0.2) is 24.3 Å². The molecule has 1 unspecified atom stereocenters. The summed E-state index contributed by atoms with van der Waals surface area (Å²) in [5.41, 5.74) is 1.63. The molecule has 1 aromatic carbocycles. The first-order chi connectivity index (χ1) is 8.33. The number of para-hydroxylation sites is 1. The summed E-state index contributed by atoms with van der Waals surface area (Å²) >= 11 is 0. The summed E-state index contributed by atoms with van der Waals surface area (Å²) in [4.78, 5) is 4.39. The number of nitrogens with zero attached hydrogens (tertiary/aromatic N) is 3. The van der Waals surface area contributed by atoms with Crippen LogP contribution in [-0.2, 0) is 0 Å². The Hall–Kier alpha value is -2.15. The lowest BCUT2D eigenvalue weighted by Gasteiger charge is -2.13. The predicted octanol–water partition coefficient (Wildman–Crippen LogP) is 2.24. The van der Waals surface area contributed by atoms with Gasteiger partial charge in [0.2, 0.25) is 5.95 Å². The van der Waals surface area contributed by atoms with Crippen molar-refractivity contribution in [3.63, 3.8) is 0 Å². The standard InChI is InChI=1S/C13H14N4/c1-3-7-10(4-2)14-13-15-11-8-5-6-9-12(11)16-17-13/h1,5-6,8-10H,4,7H2,2H3,(H,14,15,17). The number of terminal acetylenes is 1. The minimum atomic E-state index is 0.197. The van der Waals surface area contributed by atoms with Gasteiger partial charge in [-0.05, 0) is 18.6 Å². The van der Waals surface area contributed by atoms with E-state index in [1.54, 1.807) is 0 Å². The highest BCUT2D eigenvalue weighted by Crippen LogP contribution is 2.11. The fourth-order valence-electron chi connectivity index (χ4n) is 1.56. The first-order valence-corrected chi connectivity index (χ1v) is 5.63. The normalized spacial score (nSPS) is 12.0.